The Labute approximate surface area is 201 Å². The molecule has 1 saturated heterocycles. The smallest absolute Gasteiger partial charge is 1.00 e. The van der Waals surface area contributed by atoms with Crippen LogP contribution < -0.4 is 34.5 Å². The van der Waals surface area contributed by atoms with Crippen LogP contribution in [0.15, 0.2) is 42.7 Å². The number of hydrogen-bond acceptors (Lipinski definition) is 5. The Kier molecular flexibility index (Phi) is 8.06. The number of piperidine rings is 1. The maximum atomic E-state index is 10.9. The van der Waals surface area contributed by atoms with Gasteiger partial charge >= 0.3 is 35.5 Å². The van der Waals surface area contributed by atoms with E-state index in [-0.39, 0.29) is 36.5 Å². The maximum absolute atomic E-state index is 10.9. The molecule has 0 bridgehead atoms. The normalized spacial score (nSPS) is 16.2. The van der Waals surface area contributed by atoms with Crippen LogP contribution in [-0.2, 0) is 6.42 Å². The van der Waals surface area contributed by atoms with Crippen molar-refractivity contribution in [3.63, 3.8) is 0 Å². The molecule has 0 saturated carbocycles. The molecule has 1 N–H and O–H groups in total. The fraction of sp³-hybridized carbons (Fsp3) is 0.435. The Hall–Kier alpha value is -1.73. The number of allylic oxidation sites excluding steroid dienone is 1. The first kappa shape index (κ1) is 22.9. The Morgan fingerprint density at radius 3 is 2.63 bits per heavy atom. The minimum atomic E-state index is -0.991. The Morgan fingerprint density at radius 1 is 1.23 bits per heavy atom. The number of benzene rings is 1. The number of aromatic nitrogens is 2. The molecular weight excluding hydrogens is 387 g/mol. The van der Waals surface area contributed by atoms with Crippen molar-refractivity contribution in [2.75, 3.05) is 38.1 Å². The molecule has 1 aromatic heterocycles. The van der Waals surface area contributed by atoms with Gasteiger partial charge in [-0.1, -0.05) is 30.3 Å². The van der Waals surface area contributed by atoms with Crippen molar-refractivity contribution in [3.8, 4) is 0 Å². The predicted octanol–water partition coefficient (Wildman–Crippen LogP) is 0.469. The van der Waals surface area contributed by atoms with E-state index in [0.717, 1.165) is 51.9 Å². The minimum absolute atomic E-state index is 0. The van der Waals surface area contributed by atoms with Gasteiger partial charge in [-0.25, -0.2) is 14.8 Å². The molecule has 1 aliphatic carbocycles. The molecule has 4 rings (SSSR count). The van der Waals surface area contributed by atoms with Gasteiger partial charge in [0.1, 0.15) is 0 Å². The van der Waals surface area contributed by atoms with Gasteiger partial charge in [-0.15, -0.1) is 0 Å². The fourth-order valence-corrected chi connectivity index (χ4v) is 4.35. The third-order valence-electron chi connectivity index (χ3n) is 6.05. The molecule has 2 heterocycles. The fourth-order valence-electron chi connectivity index (χ4n) is 4.35. The van der Waals surface area contributed by atoms with Crippen LogP contribution in [0, 0.1) is 5.92 Å². The van der Waals surface area contributed by atoms with Crippen molar-refractivity contribution in [1.82, 2.24) is 14.9 Å². The van der Waals surface area contributed by atoms with Crippen LogP contribution in [0.25, 0.3) is 5.57 Å². The molecule has 0 amide bonds. The summed E-state index contributed by atoms with van der Waals surface area (Å²) in [7, 11) is 2.22. The summed E-state index contributed by atoms with van der Waals surface area (Å²) >= 11 is 0. The quantitative estimate of drug-likeness (QED) is 0.662. The second-order valence-electron chi connectivity index (χ2n) is 8.11. The van der Waals surface area contributed by atoms with E-state index in [1.807, 2.05) is 0 Å². The zero-order valence-corrected chi connectivity index (χ0v) is 19.9. The SMILES string of the molecule is CN(CCC1=CCc2ccccc21)CC1CCN(c2ncc(C(=O)O)cn2)CC1.[H-].[Na+]. The van der Waals surface area contributed by atoms with Gasteiger partial charge in [0.25, 0.3) is 0 Å². The van der Waals surface area contributed by atoms with E-state index in [0.29, 0.717) is 11.9 Å². The van der Waals surface area contributed by atoms with Crippen molar-refractivity contribution in [1.29, 1.82) is 0 Å². The molecule has 0 unspecified atom stereocenters. The van der Waals surface area contributed by atoms with Crippen LogP contribution in [0.1, 0.15) is 42.2 Å². The first-order valence-corrected chi connectivity index (χ1v) is 10.4. The monoisotopic (exact) mass is 416 g/mol. The van der Waals surface area contributed by atoms with Crippen molar-refractivity contribution < 1.29 is 40.9 Å². The van der Waals surface area contributed by atoms with Gasteiger partial charge in [0.2, 0.25) is 5.95 Å². The summed E-state index contributed by atoms with van der Waals surface area (Å²) in [5.74, 6) is 0.322. The first-order chi connectivity index (χ1) is 14.1. The standard InChI is InChI=1S/C23H28N4O2.Na.H/c1-26(11-10-19-7-6-18-4-2-3-5-21(18)19)16-17-8-12-27(13-9-17)23-24-14-20(15-25-23)22(28)29;;/h2-5,7,14-15,17H,6,8-13,16H2,1H3,(H,28,29);;/q;+1;-1. The third kappa shape index (κ3) is 5.49. The van der Waals surface area contributed by atoms with E-state index in [4.69, 9.17) is 5.11 Å². The van der Waals surface area contributed by atoms with Crippen LogP contribution in [-0.4, -0.2) is 59.2 Å². The molecule has 7 heteroatoms. The van der Waals surface area contributed by atoms with Crippen LogP contribution in [0.4, 0.5) is 5.95 Å². The average Bonchev–Trinajstić information content (AvgIpc) is 3.16. The topological polar surface area (TPSA) is 69.6 Å². The third-order valence-corrected chi connectivity index (χ3v) is 6.05. The molecule has 6 nitrogen and oxygen atoms in total. The van der Waals surface area contributed by atoms with E-state index >= 15 is 0 Å². The average molecular weight is 417 g/mol. The number of carbonyl (C=O) groups is 1. The molecule has 1 aliphatic heterocycles. The van der Waals surface area contributed by atoms with Crippen LogP contribution in [0.2, 0.25) is 0 Å². The molecule has 1 fully saturated rings. The number of anilines is 1. The van der Waals surface area contributed by atoms with Crippen LogP contribution in [0.5, 0.6) is 0 Å². The predicted molar refractivity (Wildman–Crippen MR) is 115 cm³/mol. The van der Waals surface area contributed by atoms with E-state index in [1.54, 1.807) is 0 Å². The van der Waals surface area contributed by atoms with Gasteiger partial charge in [-0.05, 0) is 55.3 Å². The van der Waals surface area contributed by atoms with Gasteiger partial charge in [-0.2, -0.15) is 0 Å². The number of hydrogen-bond donors (Lipinski definition) is 1. The summed E-state index contributed by atoms with van der Waals surface area (Å²) in [6, 6.07) is 8.73. The summed E-state index contributed by atoms with van der Waals surface area (Å²) in [5.41, 5.74) is 4.51. The van der Waals surface area contributed by atoms with E-state index in [9.17, 15) is 4.79 Å². The van der Waals surface area contributed by atoms with Crippen LogP contribution in [0.3, 0.4) is 0 Å². The van der Waals surface area contributed by atoms with Gasteiger partial charge in [-0.3, -0.25) is 0 Å². The van der Waals surface area contributed by atoms with Crippen molar-refractivity contribution in [3.05, 3.63) is 59.4 Å². The molecule has 154 valence electrons. The molecule has 1 aromatic carbocycles. The van der Waals surface area contributed by atoms with Crippen molar-refractivity contribution in [2.45, 2.75) is 25.7 Å². The number of fused-ring (bicyclic) bond motifs is 1. The molecule has 30 heavy (non-hydrogen) atoms. The number of rotatable bonds is 7. The second kappa shape index (κ2) is 10.5. The van der Waals surface area contributed by atoms with E-state index in [1.165, 1.54) is 29.1 Å². The number of aromatic carboxylic acids is 1. The van der Waals surface area contributed by atoms with E-state index < -0.39 is 5.97 Å². The van der Waals surface area contributed by atoms with Gasteiger partial charge < -0.3 is 16.3 Å². The van der Waals surface area contributed by atoms with E-state index in [2.05, 4.69) is 57.2 Å². The van der Waals surface area contributed by atoms with Crippen molar-refractivity contribution >= 4 is 17.5 Å². The number of carboxylic acid groups (broad SMARTS) is 1. The summed E-state index contributed by atoms with van der Waals surface area (Å²) < 4.78 is 0. The maximum Gasteiger partial charge on any atom is 1.00 e. The molecule has 2 aliphatic rings. The summed E-state index contributed by atoms with van der Waals surface area (Å²) in [5, 5.41) is 8.96. The zero-order chi connectivity index (χ0) is 20.2. The zero-order valence-electron chi connectivity index (χ0n) is 18.9. The largest absolute Gasteiger partial charge is 1.00 e. The second-order valence-corrected chi connectivity index (χ2v) is 8.11. The number of carboxylic acids is 1. The summed E-state index contributed by atoms with van der Waals surface area (Å²) in [6.45, 7) is 4.04. The molecular formula is C23H29N4NaO2. The Balaban J connectivity index is 0.00000171. The van der Waals surface area contributed by atoms with Crippen molar-refractivity contribution in [2.24, 2.45) is 5.92 Å². The molecule has 0 atom stereocenters. The van der Waals surface area contributed by atoms with Gasteiger partial charge in [0, 0.05) is 38.6 Å². The Morgan fingerprint density at radius 2 is 1.93 bits per heavy atom. The van der Waals surface area contributed by atoms with Crippen LogP contribution >= 0.6 is 0 Å². The first-order valence-electron chi connectivity index (χ1n) is 10.4. The number of nitrogens with zero attached hydrogens (tertiary/aromatic N) is 4. The Bertz CT molecular complexity index is 899. The minimum Gasteiger partial charge on any atom is -1.00 e. The summed E-state index contributed by atoms with van der Waals surface area (Å²) in [4.78, 5) is 24.0. The summed E-state index contributed by atoms with van der Waals surface area (Å²) in [6.07, 6.45) is 9.56. The molecule has 2 aromatic rings. The van der Waals surface area contributed by atoms with Gasteiger partial charge in [0.05, 0.1) is 5.56 Å². The molecule has 0 radical (unpaired) electrons. The molecule has 0 spiro atoms. The van der Waals surface area contributed by atoms with Gasteiger partial charge in [0.15, 0.2) is 0 Å².